The largest absolute Gasteiger partial charge is 0.369 e. The monoisotopic (exact) mass is 285 g/mol. The lowest BCUT2D eigenvalue weighted by molar-refractivity contribution is -0.121. The predicted octanol–water partition coefficient (Wildman–Crippen LogP) is 0.814. The lowest BCUT2D eigenvalue weighted by atomic mass is 9.95. The summed E-state index contributed by atoms with van der Waals surface area (Å²) in [5.74, 6) is 0.902. The van der Waals surface area contributed by atoms with E-state index in [1.54, 1.807) is 0 Å². The zero-order chi connectivity index (χ0) is 14.8. The first-order chi connectivity index (χ1) is 10.1. The summed E-state index contributed by atoms with van der Waals surface area (Å²) in [7, 11) is 0. The summed E-state index contributed by atoms with van der Waals surface area (Å²) in [6.45, 7) is 4.07. The normalized spacial score (nSPS) is 22.5. The zero-order valence-corrected chi connectivity index (χ0v) is 12.0. The smallest absolute Gasteiger partial charge is 0.222 e. The molecule has 2 unspecified atom stereocenters. The summed E-state index contributed by atoms with van der Waals surface area (Å²) >= 11 is 0. The predicted molar refractivity (Wildman–Crippen MR) is 78.3 cm³/mol. The van der Waals surface area contributed by atoms with Crippen molar-refractivity contribution in [2.75, 3.05) is 13.1 Å². The maximum absolute atomic E-state index is 11.7. The van der Waals surface area contributed by atoms with Crippen LogP contribution in [0.2, 0.25) is 0 Å². The van der Waals surface area contributed by atoms with E-state index in [2.05, 4.69) is 32.2 Å². The minimum absolute atomic E-state index is 0.0313. The van der Waals surface area contributed by atoms with Crippen LogP contribution in [0, 0.1) is 12.8 Å². The number of aryl methyl sites for hydroxylation is 1. The molecule has 3 N–H and O–H groups in total. The topological polar surface area (TPSA) is 87.9 Å². The van der Waals surface area contributed by atoms with Crippen LogP contribution in [0.25, 0.3) is 0 Å². The molecule has 1 aliphatic heterocycles. The van der Waals surface area contributed by atoms with Crippen LogP contribution in [0.3, 0.4) is 0 Å². The number of likely N-dealkylation sites (tertiary alicyclic amines) is 1. The van der Waals surface area contributed by atoms with Crippen LogP contribution in [0.1, 0.15) is 23.1 Å². The number of hydrogen-bond donors (Lipinski definition) is 2. The number of nitrogens with one attached hydrogen (secondary N) is 1. The van der Waals surface area contributed by atoms with E-state index in [4.69, 9.17) is 5.73 Å². The highest BCUT2D eigenvalue weighted by Gasteiger charge is 2.39. The number of carbonyl (C=O) groups excluding carboxylic acids is 1. The van der Waals surface area contributed by atoms with Crippen molar-refractivity contribution in [3.05, 3.63) is 47.5 Å². The number of carbonyl (C=O) groups is 1. The number of amides is 1. The van der Waals surface area contributed by atoms with Gasteiger partial charge in [0.25, 0.3) is 0 Å². The van der Waals surface area contributed by atoms with E-state index >= 15 is 0 Å². The van der Waals surface area contributed by atoms with Crippen molar-refractivity contribution in [1.82, 2.24) is 20.1 Å². The molecule has 2 heterocycles. The van der Waals surface area contributed by atoms with Gasteiger partial charge in [0.1, 0.15) is 5.82 Å². The Hall–Kier alpha value is -2.21. The first-order valence-corrected chi connectivity index (χ1v) is 7.08. The van der Waals surface area contributed by atoms with E-state index in [-0.39, 0.29) is 17.7 Å². The molecule has 0 saturated carbocycles. The van der Waals surface area contributed by atoms with Crippen LogP contribution >= 0.6 is 0 Å². The molecule has 1 fully saturated rings. The maximum atomic E-state index is 11.7. The first kappa shape index (κ1) is 13.8. The van der Waals surface area contributed by atoms with E-state index in [1.807, 2.05) is 25.1 Å². The SMILES string of the molecule is Cc1nc(C2CN(Cc3ccccc3)CC2C(N)=O)n[nH]1. The molecule has 2 atom stereocenters. The third-order valence-corrected chi connectivity index (χ3v) is 3.96. The van der Waals surface area contributed by atoms with E-state index in [9.17, 15) is 4.79 Å². The number of H-pyrrole nitrogens is 1. The number of primary amides is 1. The summed E-state index contributed by atoms with van der Waals surface area (Å²) in [4.78, 5) is 18.3. The molecule has 3 rings (SSSR count). The highest BCUT2D eigenvalue weighted by molar-refractivity contribution is 5.78. The molecule has 1 aromatic heterocycles. The molecule has 110 valence electrons. The summed E-state index contributed by atoms with van der Waals surface area (Å²) in [6.07, 6.45) is 0. The second-order valence-corrected chi connectivity index (χ2v) is 5.57. The van der Waals surface area contributed by atoms with E-state index in [0.717, 1.165) is 18.9 Å². The molecule has 0 spiro atoms. The lowest BCUT2D eigenvalue weighted by Gasteiger charge is -2.15. The van der Waals surface area contributed by atoms with Crippen LogP contribution < -0.4 is 5.73 Å². The highest BCUT2D eigenvalue weighted by atomic mass is 16.1. The Morgan fingerprint density at radius 3 is 2.76 bits per heavy atom. The van der Waals surface area contributed by atoms with Gasteiger partial charge in [0.15, 0.2) is 5.82 Å². The van der Waals surface area contributed by atoms with Gasteiger partial charge < -0.3 is 5.73 Å². The Morgan fingerprint density at radius 1 is 1.38 bits per heavy atom. The Balaban J connectivity index is 1.76. The van der Waals surface area contributed by atoms with Gasteiger partial charge >= 0.3 is 0 Å². The zero-order valence-electron chi connectivity index (χ0n) is 12.0. The van der Waals surface area contributed by atoms with Gasteiger partial charge in [-0.15, -0.1) is 0 Å². The molecule has 1 aromatic carbocycles. The third kappa shape index (κ3) is 2.95. The van der Waals surface area contributed by atoms with Crippen molar-refractivity contribution in [3.8, 4) is 0 Å². The number of rotatable bonds is 4. The minimum atomic E-state index is -0.280. The number of nitrogens with two attached hydrogens (primary N) is 1. The molecule has 6 heteroatoms. The van der Waals surface area contributed by atoms with Crippen molar-refractivity contribution in [2.24, 2.45) is 11.7 Å². The van der Waals surface area contributed by atoms with Gasteiger partial charge in [-0.3, -0.25) is 14.8 Å². The van der Waals surface area contributed by atoms with Crippen LogP contribution in [0.4, 0.5) is 0 Å². The fourth-order valence-electron chi connectivity index (χ4n) is 2.93. The van der Waals surface area contributed by atoms with E-state index in [1.165, 1.54) is 5.56 Å². The number of nitrogens with zero attached hydrogens (tertiary/aromatic N) is 3. The average molecular weight is 285 g/mol. The van der Waals surface area contributed by atoms with Crippen LogP contribution in [-0.2, 0) is 11.3 Å². The molecule has 6 nitrogen and oxygen atoms in total. The van der Waals surface area contributed by atoms with Gasteiger partial charge in [0.2, 0.25) is 5.91 Å². The molecule has 0 bridgehead atoms. The summed E-state index contributed by atoms with van der Waals surface area (Å²) in [5, 5.41) is 7.04. The highest BCUT2D eigenvalue weighted by Crippen LogP contribution is 2.31. The molecule has 1 aliphatic rings. The van der Waals surface area contributed by atoms with Crippen molar-refractivity contribution in [2.45, 2.75) is 19.4 Å². The van der Waals surface area contributed by atoms with Gasteiger partial charge in [-0.2, -0.15) is 5.10 Å². The maximum Gasteiger partial charge on any atom is 0.222 e. The Bertz CT molecular complexity index is 624. The van der Waals surface area contributed by atoms with Crippen molar-refractivity contribution < 1.29 is 4.79 Å². The third-order valence-electron chi connectivity index (χ3n) is 3.96. The average Bonchev–Trinajstić information content (AvgIpc) is 3.06. The van der Waals surface area contributed by atoms with Gasteiger partial charge in [-0.05, 0) is 12.5 Å². The summed E-state index contributed by atoms with van der Waals surface area (Å²) in [6, 6.07) is 10.2. The van der Waals surface area contributed by atoms with Gasteiger partial charge in [-0.1, -0.05) is 30.3 Å². The molecule has 1 saturated heterocycles. The molecular weight excluding hydrogens is 266 g/mol. The van der Waals surface area contributed by atoms with Crippen molar-refractivity contribution >= 4 is 5.91 Å². The second-order valence-electron chi connectivity index (χ2n) is 5.57. The standard InChI is InChI=1S/C15H19N5O/c1-10-17-15(19-18-10)13-9-20(8-12(13)14(16)21)7-11-5-3-2-4-6-11/h2-6,12-13H,7-9H2,1H3,(H2,16,21)(H,17,18,19). The molecule has 1 amide bonds. The van der Waals surface area contributed by atoms with Gasteiger partial charge in [0, 0.05) is 25.6 Å². The molecule has 21 heavy (non-hydrogen) atoms. The van der Waals surface area contributed by atoms with E-state index < -0.39 is 0 Å². The summed E-state index contributed by atoms with van der Waals surface area (Å²) < 4.78 is 0. The van der Waals surface area contributed by atoms with Crippen molar-refractivity contribution in [3.63, 3.8) is 0 Å². The second kappa shape index (κ2) is 5.65. The number of aromatic amines is 1. The van der Waals surface area contributed by atoms with Crippen molar-refractivity contribution in [1.29, 1.82) is 0 Å². The Morgan fingerprint density at radius 2 is 2.14 bits per heavy atom. The lowest BCUT2D eigenvalue weighted by Crippen LogP contribution is -2.29. The molecule has 0 radical (unpaired) electrons. The van der Waals surface area contributed by atoms with Crippen LogP contribution in [-0.4, -0.2) is 39.1 Å². The van der Waals surface area contributed by atoms with Crippen LogP contribution in [0.15, 0.2) is 30.3 Å². The quantitative estimate of drug-likeness (QED) is 0.870. The minimum Gasteiger partial charge on any atom is -0.369 e. The fourth-order valence-corrected chi connectivity index (χ4v) is 2.93. The summed E-state index contributed by atoms with van der Waals surface area (Å²) in [5.41, 5.74) is 6.79. The Labute approximate surface area is 123 Å². The Kier molecular flexibility index (Phi) is 3.70. The van der Waals surface area contributed by atoms with Gasteiger partial charge in [-0.25, -0.2) is 4.98 Å². The molecule has 0 aliphatic carbocycles. The number of benzene rings is 1. The number of hydrogen-bond acceptors (Lipinski definition) is 4. The van der Waals surface area contributed by atoms with Crippen LogP contribution in [0.5, 0.6) is 0 Å². The van der Waals surface area contributed by atoms with Gasteiger partial charge in [0.05, 0.1) is 5.92 Å². The fraction of sp³-hybridized carbons (Fsp3) is 0.400. The molecular formula is C15H19N5O. The number of aromatic nitrogens is 3. The molecule has 2 aromatic rings. The first-order valence-electron chi connectivity index (χ1n) is 7.08. The van der Waals surface area contributed by atoms with E-state index in [0.29, 0.717) is 12.4 Å².